The van der Waals surface area contributed by atoms with E-state index < -0.39 is 0 Å². The van der Waals surface area contributed by atoms with E-state index in [4.69, 9.17) is 9.47 Å². The van der Waals surface area contributed by atoms with E-state index in [1.165, 1.54) is 0 Å². The molecule has 0 aromatic heterocycles. The van der Waals surface area contributed by atoms with Crippen molar-refractivity contribution in [2.75, 3.05) is 13.7 Å². The van der Waals surface area contributed by atoms with Crippen LogP contribution in [-0.4, -0.2) is 25.3 Å². The summed E-state index contributed by atoms with van der Waals surface area (Å²) >= 11 is 0. The van der Waals surface area contributed by atoms with Crippen LogP contribution in [0.1, 0.15) is 50.5 Å². The number of ether oxygens (including phenoxy) is 2. The molecule has 1 heterocycles. The first-order valence-electron chi connectivity index (χ1n) is 9.70. The Morgan fingerprint density at radius 3 is 2.74 bits per heavy atom. The molecule has 2 unspecified atom stereocenters. The van der Waals surface area contributed by atoms with Crippen LogP contribution >= 0.6 is 0 Å². The fourth-order valence-electron chi connectivity index (χ4n) is 4.53. The molecule has 5 nitrogen and oxygen atoms in total. The van der Waals surface area contributed by atoms with Crippen molar-refractivity contribution in [3.05, 3.63) is 46.8 Å². The second-order valence-electron chi connectivity index (χ2n) is 7.26. The Morgan fingerprint density at radius 1 is 1.11 bits per heavy atom. The SMILES string of the molecule is CCOc1cc(C2C3=C(CCCC3=O)NC3=CCCC(=O)C32)ccc1OC. The average Bonchev–Trinajstić information content (AvgIpc) is 2.67. The molecule has 0 spiro atoms. The summed E-state index contributed by atoms with van der Waals surface area (Å²) in [7, 11) is 1.61. The minimum Gasteiger partial charge on any atom is -0.493 e. The highest BCUT2D eigenvalue weighted by molar-refractivity contribution is 6.01. The molecule has 27 heavy (non-hydrogen) atoms. The molecule has 0 bridgehead atoms. The summed E-state index contributed by atoms with van der Waals surface area (Å²) in [6.45, 7) is 2.44. The van der Waals surface area contributed by atoms with E-state index in [0.717, 1.165) is 41.8 Å². The van der Waals surface area contributed by atoms with Crippen LogP contribution in [0.5, 0.6) is 11.5 Å². The largest absolute Gasteiger partial charge is 0.493 e. The van der Waals surface area contributed by atoms with Gasteiger partial charge in [-0.2, -0.15) is 0 Å². The van der Waals surface area contributed by atoms with Crippen molar-refractivity contribution in [1.82, 2.24) is 5.32 Å². The molecule has 0 amide bonds. The second-order valence-corrected chi connectivity index (χ2v) is 7.26. The predicted molar refractivity (Wildman–Crippen MR) is 102 cm³/mol. The zero-order valence-corrected chi connectivity index (χ0v) is 15.8. The Labute approximate surface area is 159 Å². The molecule has 142 valence electrons. The number of fused-ring (bicyclic) bond motifs is 1. The number of allylic oxidation sites excluding steroid dienone is 4. The van der Waals surface area contributed by atoms with Gasteiger partial charge in [-0.3, -0.25) is 9.59 Å². The lowest BCUT2D eigenvalue weighted by atomic mass is 9.68. The summed E-state index contributed by atoms with van der Waals surface area (Å²) in [5.41, 5.74) is 3.67. The molecule has 0 saturated carbocycles. The first kappa shape index (κ1) is 17.8. The van der Waals surface area contributed by atoms with Crippen molar-refractivity contribution >= 4 is 11.6 Å². The van der Waals surface area contributed by atoms with Gasteiger partial charge in [0.2, 0.25) is 0 Å². The van der Waals surface area contributed by atoms with Crippen LogP contribution in [-0.2, 0) is 9.59 Å². The third-order valence-electron chi connectivity index (χ3n) is 5.68. The zero-order valence-electron chi connectivity index (χ0n) is 15.8. The summed E-state index contributed by atoms with van der Waals surface area (Å²) in [6, 6.07) is 5.76. The summed E-state index contributed by atoms with van der Waals surface area (Å²) in [6.07, 6.45) is 5.66. The molecular formula is C22H25NO4. The van der Waals surface area contributed by atoms with Gasteiger partial charge < -0.3 is 14.8 Å². The van der Waals surface area contributed by atoms with Crippen molar-refractivity contribution in [3.8, 4) is 11.5 Å². The molecule has 2 aliphatic carbocycles. The molecule has 0 fully saturated rings. The fourth-order valence-corrected chi connectivity index (χ4v) is 4.53. The minimum atomic E-state index is -0.317. The van der Waals surface area contributed by atoms with Gasteiger partial charge in [0.05, 0.1) is 19.6 Å². The Bertz CT molecular complexity index is 852. The van der Waals surface area contributed by atoms with Crippen LogP contribution in [0.4, 0.5) is 0 Å². The fraction of sp³-hybridized carbons (Fsp3) is 0.455. The highest BCUT2D eigenvalue weighted by atomic mass is 16.5. The number of Topliss-reactive ketones (excluding diaryl/α,β-unsaturated/α-hetero) is 2. The zero-order chi connectivity index (χ0) is 19.0. The van der Waals surface area contributed by atoms with E-state index in [1.807, 2.05) is 25.1 Å². The van der Waals surface area contributed by atoms with Crippen LogP contribution < -0.4 is 14.8 Å². The normalized spacial score (nSPS) is 24.6. The summed E-state index contributed by atoms with van der Waals surface area (Å²) < 4.78 is 11.1. The molecule has 1 N–H and O–H groups in total. The van der Waals surface area contributed by atoms with Gasteiger partial charge in [-0.05, 0) is 43.9 Å². The summed E-state index contributed by atoms with van der Waals surface area (Å²) in [5.74, 6) is 1.09. The van der Waals surface area contributed by atoms with Gasteiger partial charge in [-0.1, -0.05) is 12.1 Å². The van der Waals surface area contributed by atoms with Gasteiger partial charge in [-0.25, -0.2) is 0 Å². The van der Waals surface area contributed by atoms with Gasteiger partial charge in [0.25, 0.3) is 0 Å². The Kier molecular flexibility index (Phi) is 4.77. The molecular weight excluding hydrogens is 342 g/mol. The number of hydrogen-bond donors (Lipinski definition) is 1. The molecule has 3 aliphatic rings. The molecule has 0 radical (unpaired) electrons. The minimum absolute atomic E-state index is 0.153. The summed E-state index contributed by atoms with van der Waals surface area (Å²) in [4.78, 5) is 25.7. The maximum absolute atomic E-state index is 12.9. The lowest BCUT2D eigenvalue weighted by Crippen LogP contribution is -2.42. The number of carbonyl (C=O) groups is 2. The highest BCUT2D eigenvalue weighted by Gasteiger charge is 2.44. The van der Waals surface area contributed by atoms with Crippen molar-refractivity contribution in [3.63, 3.8) is 0 Å². The Hall–Kier alpha value is -2.56. The van der Waals surface area contributed by atoms with E-state index in [1.54, 1.807) is 7.11 Å². The number of hydrogen-bond acceptors (Lipinski definition) is 5. The molecule has 1 aromatic rings. The van der Waals surface area contributed by atoms with Crippen LogP contribution in [0.2, 0.25) is 0 Å². The van der Waals surface area contributed by atoms with Crippen molar-refractivity contribution in [2.45, 2.75) is 44.9 Å². The van der Waals surface area contributed by atoms with Gasteiger partial charge in [0.15, 0.2) is 17.3 Å². The summed E-state index contributed by atoms with van der Waals surface area (Å²) in [5, 5.41) is 3.42. The lowest BCUT2D eigenvalue weighted by Gasteiger charge is -2.40. The topological polar surface area (TPSA) is 64.6 Å². The quantitative estimate of drug-likeness (QED) is 0.880. The van der Waals surface area contributed by atoms with Gasteiger partial charge in [0, 0.05) is 35.7 Å². The maximum Gasteiger partial charge on any atom is 0.161 e. The standard InChI is InChI=1S/C22H25NO4/c1-3-27-19-12-13(10-11-18(19)26-2)20-21-14(6-4-8-16(21)24)23-15-7-5-9-17(25)22(15)20/h6,10-12,20-21,23H,3-5,7-9H2,1-2H3. The number of benzene rings is 1. The number of rotatable bonds is 4. The first-order valence-corrected chi connectivity index (χ1v) is 9.70. The van der Waals surface area contributed by atoms with Crippen molar-refractivity contribution in [2.24, 2.45) is 5.92 Å². The number of ketones is 2. The van der Waals surface area contributed by atoms with Crippen molar-refractivity contribution in [1.29, 1.82) is 0 Å². The van der Waals surface area contributed by atoms with Crippen LogP contribution in [0.15, 0.2) is 41.2 Å². The van der Waals surface area contributed by atoms with Gasteiger partial charge in [0.1, 0.15) is 5.78 Å². The number of nitrogens with one attached hydrogen (secondary N) is 1. The first-order chi connectivity index (χ1) is 13.1. The molecule has 0 saturated heterocycles. The van der Waals surface area contributed by atoms with E-state index in [0.29, 0.717) is 30.9 Å². The lowest BCUT2D eigenvalue weighted by molar-refractivity contribution is -0.123. The van der Waals surface area contributed by atoms with Gasteiger partial charge in [-0.15, -0.1) is 0 Å². The number of methoxy groups -OCH3 is 1. The van der Waals surface area contributed by atoms with E-state index in [9.17, 15) is 9.59 Å². The van der Waals surface area contributed by atoms with Crippen LogP contribution in [0.25, 0.3) is 0 Å². The third-order valence-corrected chi connectivity index (χ3v) is 5.68. The third kappa shape index (κ3) is 3.05. The van der Waals surface area contributed by atoms with Gasteiger partial charge >= 0.3 is 0 Å². The van der Waals surface area contributed by atoms with E-state index in [-0.39, 0.29) is 23.4 Å². The highest BCUT2D eigenvalue weighted by Crippen LogP contribution is 2.47. The second kappa shape index (κ2) is 7.22. The van der Waals surface area contributed by atoms with Crippen LogP contribution in [0, 0.1) is 5.92 Å². The molecule has 5 heteroatoms. The Balaban J connectivity index is 1.87. The molecule has 1 aromatic carbocycles. The monoisotopic (exact) mass is 367 g/mol. The van der Waals surface area contributed by atoms with E-state index >= 15 is 0 Å². The predicted octanol–water partition coefficient (Wildman–Crippen LogP) is 3.65. The Morgan fingerprint density at radius 2 is 1.96 bits per heavy atom. The maximum atomic E-state index is 12.9. The molecule has 2 atom stereocenters. The smallest absolute Gasteiger partial charge is 0.161 e. The molecule has 4 rings (SSSR count). The van der Waals surface area contributed by atoms with Crippen LogP contribution in [0.3, 0.4) is 0 Å². The number of carbonyl (C=O) groups excluding carboxylic acids is 2. The van der Waals surface area contributed by atoms with E-state index in [2.05, 4.69) is 11.4 Å². The van der Waals surface area contributed by atoms with Crippen molar-refractivity contribution < 1.29 is 19.1 Å². The average molecular weight is 367 g/mol. The molecule has 1 aliphatic heterocycles.